The Hall–Kier alpha value is -3.00. The summed E-state index contributed by atoms with van der Waals surface area (Å²) < 4.78 is 39.6. The monoisotopic (exact) mass is 458 g/mol. The van der Waals surface area contributed by atoms with E-state index in [0.29, 0.717) is 28.3 Å². The van der Waals surface area contributed by atoms with E-state index in [1.54, 1.807) is 19.1 Å². The number of ether oxygens (including phenoxy) is 2. The van der Waals surface area contributed by atoms with Crippen molar-refractivity contribution in [3.63, 3.8) is 0 Å². The van der Waals surface area contributed by atoms with Crippen LogP contribution in [-0.4, -0.2) is 34.6 Å². The van der Waals surface area contributed by atoms with Gasteiger partial charge in [0.15, 0.2) is 16.4 Å². The fourth-order valence-electron chi connectivity index (χ4n) is 3.93. The number of fused-ring (bicyclic) bond motifs is 1. The average molecular weight is 459 g/mol. The van der Waals surface area contributed by atoms with Gasteiger partial charge in [0.2, 0.25) is 0 Å². The molecule has 8 heteroatoms. The lowest BCUT2D eigenvalue weighted by Gasteiger charge is -2.33. The summed E-state index contributed by atoms with van der Waals surface area (Å²) >= 11 is 0. The van der Waals surface area contributed by atoms with E-state index >= 15 is 0 Å². The molecule has 1 amide bonds. The first-order chi connectivity index (χ1) is 15.2. The minimum Gasteiger partial charge on any atom is -0.493 e. The van der Waals surface area contributed by atoms with Crippen LogP contribution in [0, 0.1) is 0 Å². The lowest BCUT2D eigenvalue weighted by molar-refractivity contribution is -0.117. The molecular formula is C24H30N2O5S. The highest BCUT2D eigenvalue weighted by atomic mass is 32.2. The molecule has 2 aromatic carbocycles. The number of rotatable bonds is 8. The first kappa shape index (κ1) is 23.7. The number of nitrogens with one attached hydrogen (secondary N) is 1. The van der Waals surface area contributed by atoms with Crippen molar-refractivity contribution in [2.24, 2.45) is 0 Å². The Kier molecular flexibility index (Phi) is 7.13. The van der Waals surface area contributed by atoms with Gasteiger partial charge in [0.05, 0.1) is 26.5 Å². The van der Waals surface area contributed by atoms with E-state index < -0.39 is 15.9 Å². The van der Waals surface area contributed by atoms with E-state index in [1.807, 2.05) is 44.2 Å². The van der Waals surface area contributed by atoms with Gasteiger partial charge in [-0.25, -0.2) is 8.42 Å². The van der Waals surface area contributed by atoms with Crippen LogP contribution in [0.2, 0.25) is 0 Å². The molecule has 1 atom stereocenters. The SMILES string of the molecule is CCCC(C)NC(=O)C1=C(C)c2cc(OC)c(OC)cc2N(Cc2ccccc2)S1(=O)=O. The van der Waals surface area contributed by atoms with Crippen LogP contribution in [0.1, 0.15) is 44.7 Å². The topological polar surface area (TPSA) is 84.9 Å². The molecule has 32 heavy (non-hydrogen) atoms. The highest BCUT2D eigenvalue weighted by Gasteiger charge is 2.40. The van der Waals surface area contributed by atoms with Gasteiger partial charge >= 0.3 is 0 Å². The van der Waals surface area contributed by atoms with Crippen LogP contribution in [0.25, 0.3) is 5.57 Å². The predicted molar refractivity (Wildman–Crippen MR) is 126 cm³/mol. The largest absolute Gasteiger partial charge is 0.493 e. The quantitative estimate of drug-likeness (QED) is 0.644. The number of carbonyl (C=O) groups excluding carboxylic acids is 1. The number of benzene rings is 2. The van der Waals surface area contributed by atoms with Gasteiger partial charge in [0.25, 0.3) is 15.9 Å². The number of carbonyl (C=O) groups is 1. The van der Waals surface area contributed by atoms with E-state index in [0.717, 1.165) is 18.4 Å². The molecule has 0 aliphatic carbocycles. The minimum absolute atomic E-state index is 0.0836. The summed E-state index contributed by atoms with van der Waals surface area (Å²) in [5, 5.41) is 2.84. The molecule has 2 aromatic rings. The van der Waals surface area contributed by atoms with Crippen LogP contribution in [-0.2, 0) is 21.4 Å². The standard InChI is InChI=1S/C24H30N2O5S/c1-6-10-16(2)25-24(27)23-17(3)19-13-21(30-4)22(31-5)14-20(19)26(32(23,28)29)15-18-11-8-7-9-12-18/h7-9,11-14,16H,6,10,15H2,1-5H3,(H,25,27). The number of hydrogen-bond donors (Lipinski definition) is 1. The Morgan fingerprint density at radius 1 is 1.09 bits per heavy atom. The van der Waals surface area contributed by atoms with Crippen molar-refractivity contribution in [1.82, 2.24) is 5.32 Å². The minimum atomic E-state index is -4.12. The molecule has 1 aliphatic rings. The van der Waals surface area contributed by atoms with Crippen molar-refractivity contribution in [3.05, 3.63) is 58.5 Å². The predicted octanol–water partition coefficient (Wildman–Crippen LogP) is 4.09. The number of allylic oxidation sites excluding steroid dienone is 1. The van der Waals surface area contributed by atoms with Crippen LogP contribution in [0.4, 0.5) is 5.69 Å². The summed E-state index contributed by atoms with van der Waals surface area (Å²) in [6.07, 6.45) is 1.64. The Morgan fingerprint density at radius 3 is 2.31 bits per heavy atom. The van der Waals surface area contributed by atoms with Crippen molar-refractivity contribution >= 4 is 27.2 Å². The van der Waals surface area contributed by atoms with Crippen molar-refractivity contribution in [3.8, 4) is 11.5 Å². The van der Waals surface area contributed by atoms with Gasteiger partial charge in [-0.15, -0.1) is 0 Å². The number of methoxy groups -OCH3 is 2. The zero-order chi connectivity index (χ0) is 23.5. The molecule has 1 heterocycles. The van der Waals surface area contributed by atoms with Crippen LogP contribution in [0.5, 0.6) is 11.5 Å². The Bertz CT molecular complexity index is 1130. The summed E-state index contributed by atoms with van der Waals surface area (Å²) in [5.41, 5.74) is 2.24. The number of hydrogen-bond acceptors (Lipinski definition) is 5. The van der Waals surface area contributed by atoms with Crippen LogP contribution in [0.3, 0.4) is 0 Å². The third-order valence-electron chi connectivity index (χ3n) is 5.54. The Morgan fingerprint density at radius 2 is 1.72 bits per heavy atom. The van der Waals surface area contributed by atoms with Gasteiger partial charge in [-0.1, -0.05) is 43.7 Å². The fourth-order valence-corrected chi connectivity index (χ4v) is 5.67. The van der Waals surface area contributed by atoms with Crippen LogP contribution in [0.15, 0.2) is 47.4 Å². The maximum Gasteiger partial charge on any atom is 0.270 e. The number of nitrogens with zero attached hydrogens (tertiary/aromatic N) is 1. The highest BCUT2D eigenvalue weighted by Crippen LogP contribution is 2.45. The smallest absolute Gasteiger partial charge is 0.270 e. The fraction of sp³-hybridized carbons (Fsp3) is 0.375. The summed E-state index contributed by atoms with van der Waals surface area (Å²) in [5.74, 6) is 0.280. The van der Waals surface area contributed by atoms with Gasteiger partial charge in [-0.05, 0) is 37.5 Å². The molecule has 7 nitrogen and oxygen atoms in total. The highest BCUT2D eigenvalue weighted by molar-refractivity contribution is 7.97. The summed E-state index contributed by atoms with van der Waals surface area (Å²) in [7, 11) is -1.11. The van der Waals surface area contributed by atoms with Crippen molar-refractivity contribution in [2.75, 3.05) is 18.5 Å². The van der Waals surface area contributed by atoms with Crippen molar-refractivity contribution in [2.45, 2.75) is 46.2 Å². The zero-order valence-corrected chi connectivity index (χ0v) is 20.0. The molecule has 0 saturated carbocycles. The third kappa shape index (κ3) is 4.46. The number of sulfonamides is 1. The molecule has 0 aromatic heterocycles. The molecule has 1 N–H and O–H groups in total. The zero-order valence-electron chi connectivity index (χ0n) is 19.1. The normalized spacial score (nSPS) is 15.7. The van der Waals surface area contributed by atoms with Gasteiger partial charge in [-0.3, -0.25) is 9.10 Å². The number of amides is 1. The molecule has 0 saturated heterocycles. The van der Waals surface area contributed by atoms with Gasteiger partial charge in [-0.2, -0.15) is 0 Å². The van der Waals surface area contributed by atoms with Crippen LogP contribution >= 0.6 is 0 Å². The van der Waals surface area contributed by atoms with Gasteiger partial charge in [0, 0.05) is 17.7 Å². The second-order valence-corrected chi connectivity index (χ2v) is 9.64. The first-order valence-corrected chi connectivity index (χ1v) is 12.0. The molecule has 3 rings (SSSR count). The molecule has 0 spiro atoms. The Labute approximate surface area is 190 Å². The van der Waals surface area contributed by atoms with Crippen molar-refractivity contribution in [1.29, 1.82) is 0 Å². The third-order valence-corrected chi connectivity index (χ3v) is 7.45. The van der Waals surface area contributed by atoms with E-state index in [2.05, 4.69) is 5.32 Å². The summed E-state index contributed by atoms with van der Waals surface area (Å²) in [6.45, 7) is 5.63. The Balaban J connectivity index is 2.20. The molecule has 0 radical (unpaired) electrons. The van der Waals surface area contributed by atoms with E-state index in [9.17, 15) is 13.2 Å². The molecule has 1 aliphatic heterocycles. The molecule has 0 bridgehead atoms. The first-order valence-electron chi connectivity index (χ1n) is 10.6. The lowest BCUT2D eigenvalue weighted by Crippen LogP contribution is -2.43. The molecule has 172 valence electrons. The average Bonchev–Trinajstić information content (AvgIpc) is 2.76. The van der Waals surface area contributed by atoms with E-state index in [-0.39, 0.29) is 17.5 Å². The lowest BCUT2D eigenvalue weighted by atomic mass is 10.0. The van der Waals surface area contributed by atoms with Gasteiger partial charge in [0.1, 0.15) is 0 Å². The van der Waals surface area contributed by atoms with Crippen LogP contribution < -0.4 is 19.1 Å². The van der Waals surface area contributed by atoms with E-state index in [4.69, 9.17) is 9.47 Å². The number of anilines is 1. The summed E-state index contributed by atoms with van der Waals surface area (Å²) in [4.78, 5) is 12.9. The molecular weight excluding hydrogens is 428 g/mol. The van der Waals surface area contributed by atoms with E-state index in [1.165, 1.54) is 18.5 Å². The molecule has 0 fully saturated rings. The second-order valence-electron chi connectivity index (χ2n) is 7.84. The molecule has 1 unspecified atom stereocenters. The van der Waals surface area contributed by atoms with Crippen molar-refractivity contribution < 1.29 is 22.7 Å². The summed E-state index contributed by atoms with van der Waals surface area (Å²) in [6, 6.07) is 12.5. The second kappa shape index (κ2) is 9.65. The van der Waals surface area contributed by atoms with Gasteiger partial charge < -0.3 is 14.8 Å². The maximum atomic E-state index is 13.8. The maximum absolute atomic E-state index is 13.8.